The molecule has 2 amide bonds. The normalized spacial score (nSPS) is 28.4. The number of carbonyl (C=O) groups is 4. The second kappa shape index (κ2) is 5.96. The molecular formula is C19H17F3N2O5. The quantitative estimate of drug-likeness (QED) is 0.561. The van der Waals surface area contributed by atoms with Gasteiger partial charge in [0.15, 0.2) is 23.2 Å². The lowest BCUT2D eigenvalue weighted by molar-refractivity contribution is -0.150. The van der Waals surface area contributed by atoms with Crippen LogP contribution < -0.4 is 10.4 Å². The van der Waals surface area contributed by atoms with Crippen molar-refractivity contribution in [3.05, 3.63) is 29.8 Å². The average Bonchev–Trinajstić information content (AvgIpc) is 3.10. The highest BCUT2D eigenvalue weighted by atomic mass is 19.4. The van der Waals surface area contributed by atoms with E-state index in [1.54, 1.807) is 13.8 Å². The van der Waals surface area contributed by atoms with E-state index in [9.17, 15) is 32.3 Å². The fourth-order valence-electron chi connectivity index (χ4n) is 4.30. The molecular weight excluding hydrogens is 393 g/mol. The van der Waals surface area contributed by atoms with Gasteiger partial charge in [-0.1, -0.05) is 19.9 Å². The fourth-order valence-corrected chi connectivity index (χ4v) is 4.30. The van der Waals surface area contributed by atoms with Gasteiger partial charge < -0.3 is 0 Å². The summed E-state index contributed by atoms with van der Waals surface area (Å²) in [5.74, 6) is -4.46. The minimum Gasteiger partial charge on any atom is -0.297 e. The molecule has 0 radical (unpaired) electrons. The maximum absolute atomic E-state index is 13.1. The van der Waals surface area contributed by atoms with Gasteiger partial charge in [0.2, 0.25) is 5.91 Å². The molecule has 10 heteroatoms. The first kappa shape index (κ1) is 19.7. The number of hydroxylamine groups is 1. The number of benzene rings is 1. The monoisotopic (exact) mass is 410 g/mol. The molecule has 29 heavy (non-hydrogen) atoms. The highest BCUT2D eigenvalue weighted by molar-refractivity contribution is 6.29. The molecule has 0 aromatic heterocycles. The van der Waals surface area contributed by atoms with Gasteiger partial charge in [-0.05, 0) is 23.6 Å². The number of carbonyl (C=O) groups excluding carboxylic acids is 4. The summed E-state index contributed by atoms with van der Waals surface area (Å²) in [6, 6.07) is 3.73. The number of imide groups is 1. The molecule has 7 nitrogen and oxygen atoms in total. The van der Waals surface area contributed by atoms with Crippen LogP contribution in [0.25, 0.3) is 0 Å². The minimum atomic E-state index is -4.67. The molecule has 1 aromatic carbocycles. The van der Waals surface area contributed by atoms with Gasteiger partial charge >= 0.3 is 6.18 Å². The second-order valence-corrected chi connectivity index (χ2v) is 8.35. The van der Waals surface area contributed by atoms with Crippen molar-refractivity contribution < 1.29 is 37.2 Å². The minimum absolute atomic E-state index is 0.0106. The molecule has 2 atom stereocenters. The first-order valence-electron chi connectivity index (χ1n) is 8.93. The Labute approximate surface area is 163 Å². The smallest absolute Gasteiger partial charge is 0.297 e. The third-order valence-corrected chi connectivity index (χ3v) is 5.66. The van der Waals surface area contributed by atoms with Crippen molar-refractivity contribution in [1.29, 1.82) is 0 Å². The summed E-state index contributed by atoms with van der Waals surface area (Å²) in [5, 5.41) is 0. The van der Waals surface area contributed by atoms with Crippen molar-refractivity contribution in [3.8, 4) is 0 Å². The number of rotatable bonds is 1. The molecule has 1 aliphatic carbocycles. The van der Waals surface area contributed by atoms with Gasteiger partial charge in [0, 0.05) is 12.8 Å². The number of fused-ring (bicyclic) bond motifs is 2. The number of nitrogens with one attached hydrogen (secondary N) is 1. The number of anilines is 1. The molecule has 1 saturated carbocycles. The van der Waals surface area contributed by atoms with Crippen molar-refractivity contribution in [2.75, 3.05) is 4.90 Å². The van der Waals surface area contributed by atoms with E-state index in [1.165, 1.54) is 6.07 Å². The lowest BCUT2D eigenvalue weighted by Gasteiger charge is -2.39. The SMILES string of the molecule is CC1(C)CC(=O)C2(NO[C@H]3C(=O)N(c4cccc(C(F)(F)F)c4)C(=O)[C@@H]32)C(=O)C1. The summed E-state index contributed by atoms with van der Waals surface area (Å²) in [4.78, 5) is 57.3. The van der Waals surface area contributed by atoms with Gasteiger partial charge in [-0.15, -0.1) is 0 Å². The van der Waals surface area contributed by atoms with E-state index in [1.807, 2.05) is 0 Å². The van der Waals surface area contributed by atoms with Crippen LogP contribution in [0, 0.1) is 11.3 Å². The van der Waals surface area contributed by atoms with E-state index >= 15 is 0 Å². The summed E-state index contributed by atoms with van der Waals surface area (Å²) in [6.07, 6.45) is -6.16. The zero-order chi connectivity index (χ0) is 21.4. The third-order valence-electron chi connectivity index (χ3n) is 5.66. The molecule has 4 rings (SSSR count). The Hall–Kier alpha value is -2.59. The number of hydrogen-bond acceptors (Lipinski definition) is 6. The van der Waals surface area contributed by atoms with Crippen molar-refractivity contribution >= 4 is 29.1 Å². The summed E-state index contributed by atoms with van der Waals surface area (Å²) in [7, 11) is 0. The van der Waals surface area contributed by atoms with E-state index in [-0.39, 0.29) is 18.5 Å². The molecule has 3 fully saturated rings. The second-order valence-electron chi connectivity index (χ2n) is 8.35. The van der Waals surface area contributed by atoms with Crippen molar-refractivity contribution in [2.24, 2.45) is 11.3 Å². The van der Waals surface area contributed by atoms with Crippen molar-refractivity contribution in [2.45, 2.75) is 44.5 Å². The fraction of sp³-hybridized carbons (Fsp3) is 0.474. The Balaban J connectivity index is 1.74. The van der Waals surface area contributed by atoms with Gasteiger partial charge in [0.05, 0.1) is 11.3 Å². The first-order chi connectivity index (χ1) is 13.4. The number of Topliss-reactive ketones (excluding diaryl/α,β-unsaturated/α-hetero) is 2. The maximum Gasteiger partial charge on any atom is 0.416 e. The van der Waals surface area contributed by atoms with Gasteiger partial charge in [-0.2, -0.15) is 18.7 Å². The number of hydrogen-bond donors (Lipinski definition) is 1. The van der Waals surface area contributed by atoms with Gasteiger partial charge in [-0.25, -0.2) is 4.90 Å². The van der Waals surface area contributed by atoms with E-state index in [0.29, 0.717) is 11.0 Å². The summed E-state index contributed by atoms with van der Waals surface area (Å²) < 4.78 is 39.1. The summed E-state index contributed by atoms with van der Waals surface area (Å²) in [6.45, 7) is 3.47. The molecule has 2 saturated heterocycles. The standard InChI is InChI=1S/C19H17F3N2O5/c1-17(2)7-11(25)18(12(26)8-17)13-14(29-23-18)16(28)24(15(13)27)10-5-3-4-9(6-10)19(20,21)22/h3-6,13-14,23H,7-8H2,1-2H3/t13-,14-/m1/s1. The Morgan fingerprint density at radius 2 is 1.69 bits per heavy atom. The van der Waals surface area contributed by atoms with Crippen LogP contribution in [0.5, 0.6) is 0 Å². The van der Waals surface area contributed by atoms with E-state index in [0.717, 1.165) is 12.1 Å². The predicted molar refractivity (Wildman–Crippen MR) is 91.2 cm³/mol. The molecule has 2 aliphatic heterocycles. The van der Waals surface area contributed by atoms with Crippen LogP contribution >= 0.6 is 0 Å². The number of ketones is 2. The van der Waals surface area contributed by atoms with Crippen LogP contribution in [0.1, 0.15) is 32.3 Å². The zero-order valence-electron chi connectivity index (χ0n) is 15.5. The largest absolute Gasteiger partial charge is 0.416 e. The van der Waals surface area contributed by atoms with E-state index < -0.39 is 58.1 Å². The molecule has 0 unspecified atom stereocenters. The first-order valence-corrected chi connectivity index (χ1v) is 8.93. The Morgan fingerprint density at radius 1 is 1.07 bits per heavy atom. The van der Waals surface area contributed by atoms with Gasteiger partial charge in [0.25, 0.3) is 5.91 Å². The Bertz CT molecular complexity index is 935. The molecule has 3 aliphatic rings. The lowest BCUT2D eigenvalue weighted by Crippen LogP contribution is -2.64. The molecule has 0 bridgehead atoms. The number of alkyl halides is 3. The molecule has 2 heterocycles. The molecule has 1 N–H and O–H groups in total. The number of nitrogens with zero attached hydrogens (tertiary/aromatic N) is 1. The van der Waals surface area contributed by atoms with Crippen molar-refractivity contribution in [1.82, 2.24) is 5.48 Å². The van der Waals surface area contributed by atoms with Crippen LogP contribution in [0.15, 0.2) is 24.3 Å². The molecule has 1 spiro atoms. The van der Waals surface area contributed by atoms with E-state index in [2.05, 4.69) is 5.48 Å². The topological polar surface area (TPSA) is 92.8 Å². The van der Waals surface area contributed by atoms with Gasteiger partial charge in [-0.3, -0.25) is 24.0 Å². The Kier molecular flexibility index (Phi) is 4.05. The average molecular weight is 410 g/mol. The molecule has 154 valence electrons. The van der Waals surface area contributed by atoms with E-state index in [4.69, 9.17) is 4.84 Å². The predicted octanol–water partition coefficient (Wildman–Crippen LogP) is 1.80. The highest BCUT2D eigenvalue weighted by Crippen LogP contribution is 2.47. The van der Waals surface area contributed by atoms with Crippen LogP contribution in [0.3, 0.4) is 0 Å². The van der Waals surface area contributed by atoms with Crippen molar-refractivity contribution in [3.63, 3.8) is 0 Å². The van der Waals surface area contributed by atoms with Crippen LogP contribution in [0.4, 0.5) is 18.9 Å². The summed E-state index contributed by atoms with van der Waals surface area (Å²) in [5.41, 5.74) is -1.60. The van der Waals surface area contributed by atoms with Crippen LogP contribution in [0.2, 0.25) is 0 Å². The summed E-state index contributed by atoms with van der Waals surface area (Å²) >= 11 is 0. The number of amides is 2. The Morgan fingerprint density at radius 3 is 2.28 bits per heavy atom. The third kappa shape index (κ3) is 2.73. The highest BCUT2D eigenvalue weighted by Gasteiger charge is 2.71. The lowest BCUT2D eigenvalue weighted by atomic mass is 9.63. The van der Waals surface area contributed by atoms with Crippen LogP contribution in [-0.2, 0) is 30.2 Å². The van der Waals surface area contributed by atoms with Gasteiger partial charge in [0.1, 0.15) is 5.92 Å². The van der Waals surface area contributed by atoms with Crippen LogP contribution in [-0.4, -0.2) is 35.0 Å². The molecule has 1 aromatic rings. The maximum atomic E-state index is 13.1. The zero-order valence-corrected chi connectivity index (χ0v) is 15.5. The number of halogens is 3.